The van der Waals surface area contributed by atoms with Crippen molar-refractivity contribution in [2.45, 2.75) is 6.54 Å². The summed E-state index contributed by atoms with van der Waals surface area (Å²) in [5, 5.41) is 4.00. The SMILES string of the molecule is NC(=O)c1cnn(CCOc2ccc(N)cc2)c1. The highest BCUT2D eigenvalue weighted by Gasteiger charge is 2.03. The quantitative estimate of drug-likeness (QED) is 0.757. The monoisotopic (exact) mass is 246 g/mol. The van der Waals surface area contributed by atoms with E-state index in [2.05, 4.69) is 5.10 Å². The summed E-state index contributed by atoms with van der Waals surface area (Å²) in [6, 6.07) is 7.14. The van der Waals surface area contributed by atoms with Crippen LogP contribution < -0.4 is 16.2 Å². The zero-order valence-corrected chi connectivity index (χ0v) is 9.74. The minimum atomic E-state index is -0.485. The number of rotatable bonds is 5. The minimum absolute atomic E-state index is 0.391. The Morgan fingerprint density at radius 1 is 1.33 bits per heavy atom. The molecule has 2 aromatic rings. The highest BCUT2D eigenvalue weighted by atomic mass is 16.5. The number of aromatic nitrogens is 2. The van der Waals surface area contributed by atoms with Crippen molar-refractivity contribution >= 4 is 11.6 Å². The average Bonchev–Trinajstić information content (AvgIpc) is 2.81. The molecule has 0 bridgehead atoms. The van der Waals surface area contributed by atoms with Crippen LogP contribution in [0.3, 0.4) is 0 Å². The van der Waals surface area contributed by atoms with Crippen molar-refractivity contribution in [2.24, 2.45) is 5.73 Å². The van der Waals surface area contributed by atoms with Crippen LogP contribution >= 0.6 is 0 Å². The van der Waals surface area contributed by atoms with E-state index in [1.165, 1.54) is 6.20 Å². The maximum absolute atomic E-state index is 10.9. The number of primary amides is 1. The Morgan fingerprint density at radius 3 is 2.67 bits per heavy atom. The molecule has 1 aromatic heterocycles. The molecule has 94 valence electrons. The molecule has 2 rings (SSSR count). The lowest BCUT2D eigenvalue weighted by molar-refractivity contribution is 0.1000. The van der Waals surface area contributed by atoms with Gasteiger partial charge in [0, 0.05) is 11.9 Å². The summed E-state index contributed by atoms with van der Waals surface area (Å²) in [6.45, 7) is 0.988. The number of nitrogen functional groups attached to an aromatic ring is 1. The predicted octanol–water partition coefficient (Wildman–Crippen LogP) is 0.643. The van der Waals surface area contributed by atoms with Gasteiger partial charge in [-0.2, -0.15) is 5.10 Å². The van der Waals surface area contributed by atoms with Crippen molar-refractivity contribution in [2.75, 3.05) is 12.3 Å². The van der Waals surface area contributed by atoms with Crippen molar-refractivity contribution in [3.05, 3.63) is 42.2 Å². The summed E-state index contributed by atoms with van der Waals surface area (Å²) in [7, 11) is 0. The molecule has 6 heteroatoms. The molecule has 1 heterocycles. The van der Waals surface area contributed by atoms with Gasteiger partial charge in [0.2, 0.25) is 0 Å². The van der Waals surface area contributed by atoms with Crippen LogP contribution in [0.15, 0.2) is 36.7 Å². The van der Waals surface area contributed by atoms with Gasteiger partial charge in [0.25, 0.3) is 5.91 Å². The largest absolute Gasteiger partial charge is 0.492 e. The van der Waals surface area contributed by atoms with Gasteiger partial charge in [-0.05, 0) is 24.3 Å². The molecule has 4 N–H and O–H groups in total. The standard InChI is InChI=1S/C12H14N4O2/c13-10-1-3-11(4-2-10)18-6-5-16-8-9(7-15-16)12(14)17/h1-4,7-8H,5-6,13H2,(H2,14,17). The number of nitrogens with two attached hydrogens (primary N) is 2. The Morgan fingerprint density at radius 2 is 2.06 bits per heavy atom. The van der Waals surface area contributed by atoms with E-state index in [4.69, 9.17) is 16.2 Å². The summed E-state index contributed by atoms with van der Waals surface area (Å²) >= 11 is 0. The number of amides is 1. The van der Waals surface area contributed by atoms with Gasteiger partial charge in [-0.3, -0.25) is 9.48 Å². The van der Waals surface area contributed by atoms with Crippen molar-refractivity contribution in [1.82, 2.24) is 9.78 Å². The van der Waals surface area contributed by atoms with Crippen LogP contribution in [0.5, 0.6) is 5.75 Å². The Bertz CT molecular complexity index is 533. The average molecular weight is 246 g/mol. The van der Waals surface area contributed by atoms with Gasteiger partial charge < -0.3 is 16.2 Å². The van der Waals surface area contributed by atoms with Crippen molar-refractivity contribution in [3.8, 4) is 5.75 Å². The van der Waals surface area contributed by atoms with Crippen LogP contribution in [0.1, 0.15) is 10.4 Å². The maximum Gasteiger partial charge on any atom is 0.251 e. The van der Waals surface area contributed by atoms with E-state index in [1.807, 2.05) is 0 Å². The Labute approximate surface area is 104 Å². The first-order valence-corrected chi connectivity index (χ1v) is 5.46. The lowest BCUT2D eigenvalue weighted by atomic mass is 10.3. The van der Waals surface area contributed by atoms with E-state index in [-0.39, 0.29) is 0 Å². The summed E-state index contributed by atoms with van der Waals surface area (Å²) in [6.07, 6.45) is 3.03. The number of hydrogen-bond acceptors (Lipinski definition) is 4. The molecule has 0 fully saturated rings. The number of ether oxygens (including phenoxy) is 1. The third kappa shape index (κ3) is 3.00. The zero-order valence-electron chi connectivity index (χ0n) is 9.74. The fourth-order valence-corrected chi connectivity index (χ4v) is 1.43. The van der Waals surface area contributed by atoms with E-state index in [1.54, 1.807) is 35.1 Å². The molecule has 0 unspecified atom stereocenters. The molecule has 0 aliphatic heterocycles. The minimum Gasteiger partial charge on any atom is -0.492 e. The molecular formula is C12H14N4O2. The zero-order chi connectivity index (χ0) is 13.0. The Kier molecular flexibility index (Phi) is 3.47. The molecular weight excluding hydrogens is 232 g/mol. The van der Waals surface area contributed by atoms with Crippen LogP contribution in [-0.2, 0) is 6.54 Å². The summed E-state index contributed by atoms with van der Waals surface area (Å²) in [4.78, 5) is 10.9. The number of hydrogen-bond donors (Lipinski definition) is 2. The first-order chi connectivity index (χ1) is 8.65. The van der Waals surface area contributed by atoms with Crippen molar-refractivity contribution < 1.29 is 9.53 Å². The fourth-order valence-electron chi connectivity index (χ4n) is 1.43. The van der Waals surface area contributed by atoms with E-state index in [0.717, 1.165) is 5.75 Å². The second-order valence-corrected chi connectivity index (χ2v) is 3.77. The molecule has 1 amide bonds. The van der Waals surface area contributed by atoms with E-state index < -0.39 is 5.91 Å². The Hall–Kier alpha value is -2.50. The highest BCUT2D eigenvalue weighted by Crippen LogP contribution is 2.12. The molecule has 0 aliphatic rings. The summed E-state index contributed by atoms with van der Waals surface area (Å²) in [5.41, 5.74) is 11.8. The molecule has 0 spiro atoms. The lowest BCUT2D eigenvalue weighted by Gasteiger charge is -2.06. The number of carbonyl (C=O) groups is 1. The van der Waals surface area contributed by atoms with E-state index in [9.17, 15) is 4.79 Å². The van der Waals surface area contributed by atoms with Gasteiger partial charge in [-0.15, -0.1) is 0 Å². The highest BCUT2D eigenvalue weighted by molar-refractivity contribution is 5.92. The van der Waals surface area contributed by atoms with Gasteiger partial charge in [0.15, 0.2) is 0 Å². The normalized spacial score (nSPS) is 10.2. The number of carbonyl (C=O) groups excluding carboxylic acids is 1. The number of nitrogens with zero attached hydrogens (tertiary/aromatic N) is 2. The fraction of sp³-hybridized carbons (Fsp3) is 0.167. The molecule has 0 aliphatic carbocycles. The summed E-state index contributed by atoms with van der Waals surface area (Å²) in [5.74, 6) is 0.257. The molecule has 6 nitrogen and oxygen atoms in total. The molecule has 0 radical (unpaired) electrons. The molecule has 18 heavy (non-hydrogen) atoms. The maximum atomic E-state index is 10.9. The first-order valence-electron chi connectivity index (χ1n) is 5.46. The number of anilines is 1. The van der Waals surface area contributed by atoms with Crippen LogP contribution in [0.2, 0.25) is 0 Å². The first kappa shape index (κ1) is 12.0. The van der Waals surface area contributed by atoms with Gasteiger partial charge in [-0.1, -0.05) is 0 Å². The van der Waals surface area contributed by atoms with Crippen LogP contribution in [0, 0.1) is 0 Å². The smallest absolute Gasteiger partial charge is 0.251 e. The van der Waals surface area contributed by atoms with E-state index in [0.29, 0.717) is 24.4 Å². The Balaban J connectivity index is 1.84. The van der Waals surface area contributed by atoms with E-state index >= 15 is 0 Å². The van der Waals surface area contributed by atoms with Crippen LogP contribution in [0.25, 0.3) is 0 Å². The third-order valence-corrected chi connectivity index (χ3v) is 2.39. The molecule has 0 atom stereocenters. The van der Waals surface area contributed by atoms with Crippen LogP contribution in [0.4, 0.5) is 5.69 Å². The van der Waals surface area contributed by atoms with Gasteiger partial charge in [0.1, 0.15) is 12.4 Å². The topological polar surface area (TPSA) is 96.2 Å². The summed E-state index contributed by atoms with van der Waals surface area (Å²) < 4.78 is 7.11. The van der Waals surface area contributed by atoms with Gasteiger partial charge in [0.05, 0.1) is 18.3 Å². The van der Waals surface area contributed by atoms with Crippen molar-refractivity contribution in [3.63, 3.8) is 0 Å². The van der Waals surface area contributed by atoms with Crippen molar-refractivity contribution in [1.29, 1.82) is 0 Å². The van der Waals surface area contributed by atoms with Gasteiger partial charge in [-0.25, -0.2) is 0 Å². The lowest BCUT2D eigenvalue weighted by Crippen LogP contribution is -2.11. The third-order valence-electron chi connectivity index (χ3n) is 2.39. The number of benzene rings is 1. The van der Waals surface area contributed by atoms with Gasteiger partial charge >= 0.3 is 0 Å². The molecule has 0 saturated heterocycles. The second kappa shape index (κ2) is 5.22. The second-order valence-electron chi connectivity index (χ2n) is 3.77. The predicted molar refractivity (Wildman–Crippen MR) is 67.1 cm³/mol. The molecule has 1 aromatic carbocycles. The molecule has 0 saturated carbocycles. The van der Waals surface area contributed by atoms with Crippen LogP contribution in [-0.4, -0.2) is 22.3 Å².